The maximum absolute atomic E-state index is 15.9. The van der Waals surface area contributed by atoms with E-state index in [9.17, 15) is 103 Å². The number of carbonyl (C=O) groups is 24. The quantitative estimate of drug-likeness (QED) is 0.0274. The molecule has 0 saturated carbocycles. The van der Waals surface area contributed by atoms with Gasteiger partial charge in [0.25, 0.3) is 5.91 Å². The number of hydrogen-bond donors (Lipinski definition) is 29. The fraction of sp³-hybridized carbons (Fsp3) is 0.644. The molecule has 56 heteroatoms. The van der Waals surface area contributed by atoms with E-state index in [-0.39, 0.29) is 45.1 Å². The van der Waals surface area contributed by atoms with Crippen LogP contribution in [0.15, 0.2) is 42.6 Å². The molecular formula is C90H141N23O30S3. The van der Waals surface area contributed by atoms with Crippen LogP contribution in [0.2, 0.25) is 0 Å². The number of carboxylic acid groups (broad SMARTS) is 3. The second kappa shape index (κ2) is 60.9. The molecule has 21 amide bonds. The molecule has 3 aliphatic rings. The fourth-order valence-electron chi connectivity index (χ4n) is 14.3. The van der Waals surface area contributed by atoms with Crippen molar-refractivity contribution in [2.24, 2.45) is 35.1 Å². The Bertz CT molecular complexity index is 4850. The number of carboxylic acids is 3. The molecule has 26 atom stereocenters. The van der Waals surface area contributed by atoms with Gasteiger partial charge in [-0.15, -0.1) is 0 Å². The molecule has 1 aromatic rings. The van der Waals surface area contributed by atoms with Crippen LogP contribution in [0, 0.1) is 23.7 Å². The van der Waals surface area contributed by atoms with E-state index in [1.54, 1.807) is 51.1 Å². The first-order valence-corrected chi connectivity index (χ1v) is 50.6. The number of aliphatic carboxylic acids is 3. The summed E-state index contributed by atoms with van der Waals surface area (Å²) < 4.78 is 0. The number of nitrogens with one attached hydrogen (secondary N) is 21. The lowest BCUT2D eigenvalue weighted by Crippen LogP contribution is -2.64. The van der Waals surface area contributed by atoms with Crippen molar-refractivity contribution in [2.45, 2.75) is 298 Å². The van der Waals surface area contributed by atoms with Crippen molar-refractivity contribution in [2.75, 3.05) is 43.5 Å². The number of hydrogen-bond acceptors (Lipinski definition) is 32. The number of nitrogens with two attached hydrogens (primary N) is 2. The van der Waals surface area contributed by atoms with Crippen molar-refractivity contribution < 1.29 is 146 Å². The molecule has 0 aliphatic carbocycles. The van der Waals surface area contributed by atoms with Gasteiger partial charge in [0.2, 0.25) is 118 Å². The largest absolute Gasteiger partial charge is 0.481 e. The predicted octanol–water partition coefficient (Wildman–Crippen LogP) is -10.1. The highest BCUT2D eigenvalue weighted by Gasteiger charge is 2.46. The molecule has 0 radical (unpaired) electrons. The van der Waals surface area contributed by atoms with Gasteiger partial charge in [0.1, 0.15) is 109 Å². The van der Waals surface area contributed by atoms with E-state index in [1.165, 1.54) is 55.4 Å². The fourth-order valence-corrected chi connectivity index (χ4v) is 17.7. The Morgan fingerprint density at radius 3 is 1.46 bits per heavy atom. The van der Waals surface area contributed by atoms with Crippen molar-refractivity contribution in [3.63, 3.8) is 0 Å². The third-order valence-corrected chi connectivity index (χ3v) is 27.8. The third-order valence-electron chi connectivity index (χ3n) is 23.8. The summed E-state index contributed by atoms with van der Waals surface area (Å²) in [6.07, 6.45) is -6.54. The Balaban J connectivity index is 2.19. The second-order valence-electron chi connectivity index (χ2n) is 36.4. The average Bonchev–Trinajstić information content (AvgIpc) is 0.828. The monoisotopic (exact) mass is 2120 g/mol. The summed E-state index contributed by atoms with van der Waals surface area (Å²) in [6.45, 7) is 20.5. The van der Waals surface area contributed by atoms with Gasteiger partial charge in [0.15, 0.2) is 6.10 Å². The average molecular weight is 2120 g/mol. The molecule has 0 unspecified atom stereocenters. The molecule has 0 aromatic heterocycles. The van der Waals surface area contributed by atoms with Gasteiger partial charge >= 0.3 is 17.9 Å². The minimum atomic E-state index is -3.02. The number of aliphatic hydroxyl groups is 3. The second-order valence-corrected chi connectivity index (χ2v) is 40.6. The lowest BCUT2D eigenvalue weighted by molar-refractivity contribution is -0.152. The summed E-state index contributed by atoms with van der Waals surface area (Å²) in [5, 5.41) is 109. The summed E-state index contributed by atoms with van der Waals surface area (Å²) >= 11 is 1.58. The Morgan fingerprint density at radius 1 is 0.459 bits per heavy atom. The molecule has 146 heavy (non-hydrogen) atoms. The van der Waals surface area contributed by atoms with Crippen LogP contribution in [0.4, 0.5) is 0 Å². The van der Waals surface area contributed by atoms with E-state index in [0.717, 1.165) is 27.7 Å². The van der Waals surface area contributed by atoms with Gasteiger partial charge in [-0.25, -0.2) is 9.59 Å². The summed E-state index contributed by atoms with van der Waals surface area (Å²) in [5.74, 6) is -38.2. The lowest BCUT2D eigenvalue weighted by Gasteiger charge is -2.33. The van der Waals surface area contributed by atoms with Crippen LogP contribution in [0.25, 0.3) is 0 Å². The molecule has 1 aromatic carbocycles. The number of aliphatic hydroxyl groups excluding tert-OH is 3. The molecular weight excluding hydrogens is 1980 g/mol. The summed E-state index contributed by atoms with van der Waals surface area (Å²) in [6, 6.07) is -28.3. The highest BCUT2D eigenvalue weighted by atomic mass is 32.2. The Kier molecular flexibility index (Phi) is 52.3. The lowest BCUT2D eigenvalue weighted by atomic mass is 9.95. The maximum atomic E-state index is 15.9. The number of thioether (sulfide) groups is 3. The molecule has 3 saturated heterocycles. The molecule has 3 aliphatic heterocycles. The summed E-state index contributed by atoms with van der Waals surface area (Å²) in [4.78, 5) is 347. The first kappa shape index (κ1) is 125. The van der Waals surface area contributed by atoms with Gasteiger partial charge in [-0.1, -0.05) is 126 Å². The van der Waals surface area contributed by atoms with Crippen LogP contribution in [0.3, 0.4) is 0 Å². The molecule has 814 valence electrons. The number of rotatable bonds is 28. The molecule has 0 spiro atoms. The van der Waals surface area contributed by atoms with Crippen molar-refractivity contribution in [1.29, 1.82) is 0 Å². The van der Waals surface area contributed by atoms with Crippen molar-refractivity contribution >= 4 is 177 Å². The standard InChI is InChI=1S/C90H141N23O30S3/c1-17-39(7)62-83(134)108-61(38(5)6)82(133)111-67-48(16)145-35-55(78(129)96-43(11)72(123)100-52(30-49-24-20-19-21-25-49)74(125)93-31-57(116)105-62)104-87(138)65-46(14)146-36-56(103-81(132)60(37(3)4)107-84(135)63(40(8)18-2)109-88(67)139)79(130)113-68(69(120)90(142)143)80(131)94-32-58(117)106-64(45(13)115)85(136)112-66(86(137)99-51(89(140)141)26-22-23-29-91)47(15)144-34-54(77(128)97-44(12)73(124)101-53(33-114)76(127)110-65)102-75(126)50(27-28-59(118)119)98-71(122)42(10)95-70(121)41(9)92/h19-21,24-25,37-42,44-48,50-56,60-69,114-115,120H,11,17-18,22-23,26-36,91-92H2,1-10,12-16H3,(H,93,125)(H,94,131)(H,95,121)(H,96,129)(H,97,128)(H,98,122)(H,99,137)(H,100,123)(H,101,124)(H,102,126)(H,103,132)(H,104,138)(H,105,116)(H,106,117)(H,107,135)(H,108,134)(H,109,139)(H,110,127)(H,111,133)(H,112,136)(H,113,130)(H,118,119)(H,140,141)(H,142,143)/t39-,40-,41-,42-,44-,45+,46-,47-,48-,50-,51-,52-,53-,54-,55-,56-,60-,61-,62-,63-,64-,65+,66+,67+,68-,69+/m0/s1. The van der Waals surface area contributed by atoms with Crippen LogP contribution in [0.1, 0.15) is 154 Å². The van der Waals surface area contributed by atoms with Crippen LogP contribution >= 0.6 is 35.3 Å². The van der Waals surface area contributed by atoms with Crippen molar-refractivity contribution in [3.8, 4) is 0 Å². The first-order valence-electron chi connectivity index (χ1n) is 47.4. The molecule has 3 heterocycles. The van der Waals surface area contributed by atoms with E-state index >= 15 is 43.2 Å². The van der Waals surface area contributed by atoms with Crippen LogP contribution < -0.4 is 123 Å². The number of fused-ring (bicyclic) bond motifs is 8. The summed E-state index contributed by atoms with van der Waals surface area (Å²) in [5.41, 5.74) is 10.9. The third kappa shape index (κ3) is 39.8. The number of unbranched alkanes of at least 4 members (excludes halogenated alkanes) is 1. The zero-order valence-electron chi connectivity index (χ0n) is 83.7. The molecule has 4 rings (SSSR count). The van der Waals surface area contributed by atoms with Gasteiger partial charge < -0.3 is 154 Å². The summed E-state index contributed by atoms with van der Waals surface area (Å²) in [7, 11) is 0. The molecule has 53 nitrogen and oxygen atoms in total. The van der Waals surface area contributed by atoms with Crippen LogP contribution in [0.5, 0.6) is 0 Å². The number of benzene rings is 1. The van der Waals surface area contributed by atoms with Gasteiger partial charge in [-0.05, 0) is 89.2 Å². The highest BCUT2D eigenvalue weighted by Crippen LogP contribution is 2.25. The topological polar surface area (TPSA) is 836 Å². The van der Waals surface area contributed by atoms with Gasteiger partial charge in [-0.3, -0.25) is 105 Å². The Morgan fingerprint density at radius 2 is 0.945 bits per heavy atom. The van der Waals surface area contributed by atoms with E-state index in [2.05, 4.69) is 108 Å². The van der Waals surface area contributed by atoms with Crippen LogP contribution in [-0.2, 0) is 121 Å². The predicted molar refractivity (Wildman–Crippen MR) is 527 cm³/mol. The van der Waals surface area contributed by atoms with Crippen LogP contribution in [-0.4, -0.2) is 359 Å². The zero-order valence-corrected chi connectivity index (χ0v) is 86.2. The number of carbonyl (C=O) groups excluding carboxylic acids is 21. The van der Waals surface area contributed by atoms with Crippen molar-refractivity contribution in [1.82, 2.24) is 112 Å². The van der Waals surface area contributed by atoms with E-state index < -0.39 is 364 Å². The zero-order chi connectivity index (χ0) is 110. The van der Waals surface area contributed by atoms with E-state index in [0.29, 0.717) is 40.8 Å². The smallest absolute Gasteiger partial charge is 0.335 e. The SMILES string of the molecule is C=C1NC(=O)[C@@H]2CS[C@@H](C)[C@@H](NC(=O)[C@H](C(C)C)NC(=O)[C@H]([C@@H](C)CC)NC(=O)CNC(=O)[C@H](Cc3ccccc3)NC1=O)C(=O)N[C@@H]([C@@H](C)CC)C(=O)N[C@@H](C(C)C)C(=O)N[C@H]1CS[C@@H](C)[C@@H](NC(=O)[C@H](CO)NC(=O)[C@H](C)NC(=O)[C@@H](NC(=O)[C@H](CCC(=O)O)NC(=O)[C@H](C)NC(=O)[C@H](C)N)CS[C@@H](C)[C@H](C(=O)N[C@@H](CCCCN)C(=O)O)NC(=O)[C@H]([C@@H](C)O)NC(=O)CNC(=O)[C@H]([C@@H](O)C(=O)O)NC1=O)C(=O)N2. The number of amides is 21. The van der Waals surface area contributed by atoms with E-state index in [1.807, 2.05) is 10.6 Å². The Labute approximate surface area is 855 Å². The highest BCUT2D eigenvalue weighted by molar-refractivity contribution is 8.00. The van der Waals surface area contributed by atoms with E-state index in [4.69, 9.17) is 11.5 Å². The van der Waals surface area contributed by atoms with Gasteiger partial charge in [0.05, 0.1) is 37.5 Å². The van der Waals surface area contributed by atoms with Gasteiger partial charge in [0, 0.05) is 45.9 Å². The molecule has 31 N–H and O–H groups in total. The minimum absolute atomic E-state index is 0.0694. The Hall–Kier alpha value is -12.9. The van der Waals surface area contributed by atoms with Gasteiger partial charge in [-0.2, -0.15) is 35.3 Å². The molecule has 4 bridgehead atoms. The first-order chi connectivity index (χ1) is 68.4. The molecule has 3 fully saturated rings. The maximum Gasteiger partial charge on any atom is 0.335 e. The minimum Gasteiger partial charge on any atom is -0.481 e. The normalized spacial score (nSPS) is 27.4. The van der Waals surface area contributed by atoms with Crippen molar-refractivity contribution in [3.05, 3.63) is 48.2 Å².